The van der Waals surface area contributed by atoms with Gasteiger partial charge in [0.05, 0.1) is 13.2 Å². The third kappa shape index (κ3) is 3.19. The molecule has 2 heterocycles. The second-order valence-electron chi connectivity index (χ2n) is 6.26. The van der Waals surface area contributed by atoms with Gasteiger partial charge in [0, 0.05) is 22.7 Å². The first kappa shape index (κ1) is 17.7. The molecule has 0 fully saturated rings. The number of ketones is 1. The Morgan fingerprint density at radius 1 is 1.07 bits per heavy atom. The number of nitrogens with one attached hydrogen (secondary N) is 1. The summed E-state index contributed by atoms with van der Waals surface area (Å²) >= 11 is 0. The SMILES string of the molecule is O=C(c1ccc(NC2=CC(=O)N(CCO)C2=O)cc1)c1cc2ccccc2o1. The summed E-state index contributed by atoms with van der Waals surface area (Å²) in [6, 6.07) is 15.6. The molecule has 2 N–H and O–H groups in total. The molecule has 0 bridgehead atoms. The van der Waals surface area contributed by atoms with E-state index in [1.807, 2.05) is 18.2 Å². The lowest BCUT2D eigenvalue weighted by atomic mass is 10.1. The van der Waals surface area contributed by atoms with Gasteiger partial charge in [0.15, 0.2) is 5.76 Å². The van der Waals surface area contributed by atoms with Crippen LogP contribution in [0.5, 0.6) is 0 Å². The first-order valence-electron chi connectivity index (χ1n) is 8.65. The van der Waals surface area contributed by atoms with Gasteiger partial charge in [0.25, 0.3) is 11.8 Å². The number of β-amino-alcohol motifs (C(OH)–C–C–N with tert-alkyl or cyclic N) is 1. The van der Waals surface area contributed by atoms with E-state index in [0.29, 0.717) is 16.8 Å². The Bertz CT molecular complexity index is 1080. The molecule has 0 unspecified atom stereocenters. The Morgan fingerprint density at radius 2 is 1.82 bits per heavy atom. The molecule has 0 radical (unpaired) electrons. The highest BCUT2D eigenvalue weighted by Gasteiger charge is 2.30. The number of aliphatic hydroxyl groups is 1. The maximum absolute atomic E-state index is 12.6. The molecule has 7 heteroatoms. The molecule has 1 aliphatic heterocycles. The van der Waals surface area contributed by atoms with Crippen LogP contribution in [0, 0.1) is 0 Å². The average molecular weight is 376 g/mol. The number of rotatable bonds is 6. The minimum absolute atomic E-state index is 0.0513. The summed E-state index contributed by atoms with van der Waals surface area (Å²) in [4.78, 5) is 37.5. The van der Waals surface area contributed by atoms with E-state index in [-0.39, 0.29) is 30.4 Å². The highest BCUT2D eigenvalue weighted by molar-refractivity contribution is 6.17. The zero-order chi connectivity index (χ0) is 19.7. The van der Waals surface area contributed by atoms with E-state index in [1.165, 1.54) is 6.08 Å². The molecule has 0 aliphatic carbocycles. The molecule has 0 saturated carbocycles. The number of nitrogens with zero attached hydrogens (tertiary/aromatic N) is 1. The molecule has 2 aromatic carbocycles. The molecule has 4 rings (SSSR count). The van der Waals surface area contributed by atoms with Crippen LogP contribution in [-0.4, -0.2) is 40.8 Å². The normalized spacial score (nSPS) is 13.9. The van der Waals surface area contributed by atoms with Crippen molar-refractivity contribution in [3.63, 3.8) is 0 Å². The van der Waals surface area contributed by atoms with Gasteiger partial charge in [-0.15, -0.1) is 0 Å². The Labute approximate surface area is 159 Å². The predicted octanol–water partition coefficient (Wildman–Crippen LogP) is 2.32. The minimum atomic E-state index is -0.499. The number of aliphatic hydroxyl groups excluding tert-OH is 1. The van der Waals surface area contributed by atoms with Crippen molar-refractivity contribution >= 4 is 34.3 Å². The molecule has 7 nitrogen and oxygen atoms in total. The summed E-state index contributed by atoms with van der Waals surface area (Å²) in [5.74, 6) is -0.969. The predicted molar refractivity (Wildman–Crippen MR) is 102 cm³/mol. The number of carbonyl (C=O) groups is 3. The summed E-state index contributed by atoms with van der Waals surface area (Å²) in [6.45, 7) is -0.346. The Morgan fingerprint density at radius 3 is 2.54 bits per heavy atom. The lowest BCUT2D eigenvalue weighted by molar-refractivity contribution is -0.137. The second kappa shape index (κ2) is 7.13. The van der Waals surface area contributed by atoms with Crippen LogP contribution >= 0.6 is 0 Å². The van der Waals surface area contributed by atoms with Crippen LogP contribution in [-0.2, 0) is 9.59 Å². The molecule has 0 spiro atoms. The standard InChI is InChI=1S/C21H16N2O5/c24-10-9-23-19(25)12-16(21(23)27)22-15-7-5-13(6-8-15)20(26)18-11-14-3-1-2-4-17(14)28-18/h1-8,11-12,22,24H,9-10H2. The topological polar surface area (TPSA) is 99.9 Å². The van der Waals surface area contributed by atoms with Gasteiger partial charge < -0.3 is 14.8 Å². The first-order valence-corrected chi connectivity index (χ1v) is 8.65. The summed E-state index contributed by atoms with van der Waals surface area (Å²) in [5.41, 5.74) is 1.76. The Hall–Kier alpha value is -3.71. The fourth-order valence-corrected chi connectivity index (χ4v) is 3.01. The highest BCUT2D eigenvalue weighted by atomic mass is 16.3. The lowest BCUT2D eigenvalue weighted by Crippen LogP contribution is -2.34. The van der Waals surface area contributed by atoms with Crippen molar-refractivity contribution < 1.29 is 23.9 Å². The molecule has 28 heavy (non-hydrogen) atoms. The fourth-order valence-electron chi connectivity index (χ4n) is 3.01. The van der Waals surface area contributed by atoms with Gasteiger partial charge in [-0.05, 0) is 36.4 Å². The van der Waals surface area contributed by atoms with Crippen LogP contribution in [0.4, 0.5) is 5.69 Å². The number of carbonyl (C=O) groups excluding carboxylic acids is 3. The number of fused-ring (bicyclic) bond motifs is 1. The van der Waals surface area contributed by atoms with Crippen molar-refractivity contribution in [1.29, 1.82) is 0 Å². The number of amides is 2. The number of anilines is 1. The third-order valence-corrected chi connectivity index (χ3v) is 4.41. The van der Waals surface area contributed by atoms with E-state index in [2.05, 4.69) is 5.32 Å². The third-order valence-electron chi connectivity index (χ3n) is 4.41. The second-order valence-corrected chi connectivity index (χ2v) is 6.26. The lowest BCUT2D eigenvalue weighted by Gasteiger charge is -2.13. The molecule has 0 saturated heterocycles. The molecule has 1 aliphatic rings. The largest absolute Gasteiger partial charge is 0.453 e. The zero-order valence-electron chi connectivity index (χ0n) is 14.7. The Kier molecular flexibility index (Phi) is 4.50. The van der Waals surface area contributed by atoms with Crippen molar-refractivity contribution in [2.75, 3.05) is 18.5 Å². The summed E-state index contributed by atoms with van der Waals surface area (Å²) in [7, 11) is 0. The average Bonchev–Trinajstić information content (AvgIpc) is 3.25. The van der Waals surface area contributed by atoms with Gasteiger partial charge in [-0.25, -0.2) is 0 Å². The molecular weight excluding hydrogens is 360 g/mol. The molecule has 0 atom stereocenters. The van der Waals surface area contributed by atoms with E-state index in [9.17, 15) is 14.4 Å². The van der Waals surface area contributed by atoms with Crippen LogP contribution < -0.4 is 5.32 Å². The fraction of sp³-hybridized carbons (Fsp3) is 0.0952. The molecule has 1 aromatic heterocycles. The van der Waals surface area contributed by atoms with Crippen LogP contribution in [0.1, 0.15) is 16.1 Å². The van der Waals surface area contributed by atoms with Gasteiger partial charge in [-0.1, -0.05) is 18.2 Å². The van der Waals surface area contributed by atoms with Gasteiger partial charge in [0.1, 0.15) is 11.3 Å². The number of furan rings is 1. The summed E-state index contributed by atoms with van der Waals surface area (Å²) < 4.78 is 5.60. The number of para-hydroxylation sites is 1. The quantitative estimate of drug-likeness (QED) is 0.506. The number of benzene rings is 2. The van der Waals surface area contributed by atoms with Gasteiger partial charge in [-0.2, -0.15) is 0 Å². The van der Waals surface area contributed by atoms with E-state index in [1.54, 1.807) is 36.4 Å². The Balaban J connectivity index is 1.50. The first-order chi connectivity index (χ1) is 13.6. The molecule has 140 valence electrons. The van der Waals surface area contributed by atoms with Gasteiger partial charge in [0.2, 0.25) is 5.78 Å². The van der Waals surface area contributed by atoms with Gasteiger partial charge in [-0.3, -0.25) is 19.3 Å². The summed E-state index contributed by atoms with van der Waals surface area (Å²) in [5, 5.41) is 12.7. The molecule has 3 aromatic rings. The van der Waals surface area contributed by atoms with Crippen molar-refractivity contribution in [2.24, 2.45) is 0 Å². The van der Waals surface area contributed by atoms with Crippen molar-refractivity contribution in [3.05, 3.63) is 77.7 Å². The van der Waals surface area contributed by atoms with E-state index in [0.717, 1.165) is 10.3 Å². The minimum Gasteiger partial charge on any atom is -0.453 e. The zero-order valence-corrected chi connectivity index (χ0v) is 14.7. The monoisotopic (exact) mass is 376 g/mol. The van der Waals surface area contributed by atoms with Crippen molar-refractivity contribution in [2.45, 2.75) is 0 Å². The molecular formula is C21H16N2O5. The molecule has 2 amide bonds. The highest BCUT2D eigenvalue weighted by Crippen LogP contribution is 2.23. The maximum atomic E-state index is 12.6. The number of hydrogen-bond acceptors (Lipinski definition) is 6. The van der Waals surface area contributed by atoms with Crippen LogP contribution in [0.3, 0.4) is 0 Å². The van der Waals surface area contributed by atoms with Crippen molar-refractivity contribution in [1.82, 2.24) is 4.90 Å². The maximum Gasteiger partial charge on any atom is 0.277 e. The van der Waals surface area contributed by atoms with Crippen LogP contribution in [0.2, 0.25) is 0 Å². The van der Waals surface area contributed by atoms with Crippen molar-refractivity contribution in [3.8, 4) is 0 Å². The number of imide groups is 1. The van der Waals surface area contributed by atoms with E-state index >= 15 is 0 Å². The number of hydrogen-bond donors (Lipinski definition) is 2. The summed E-state index contributed by atoms with van der Waals surface area (Å²) in [6.07, 6.45) is 1.19. The van der Waals surface area contributed by atoms with E-state index < -0.39 is 11.8 Å². The van der Waals surface area contributed by atoms with Crippen LogP contribution in [0.15, 0.2) is 70.8 Å². The van der Waals surface area contributed by atoms with Gasteiger partial charge >= 0.3 is 0 Å². The van der Waals surface area contributed by atoms with E-state index in [4.69, 9.17) is 9.52 Å². The smallest absolute Gasteiger partial charge is 0.277 e. The van der Waals surface area contributed by atoms with Crippen LogP contribution in [0.25, 0.3) is 11.0 Å².